The molecule has 0 aromatic rings. The molecular weight excluding hydrogens is 202 g/mol. The van der Waals surface area contributed by atoms with Crippen LogP contribution in [0, 0.1) is 0 Å². The Hall–Kier alpha value is -0.830. The molecule has 0 radical (unpaired) electrons. The second kappa shape index (κ2) is 5.48. The van der Waals surface area contributed by atoms with Crippen LogP contribution in [0.5, 0.6) is 0 Å². The summed E-state index contributed by atoms with van der Waals surface area (Å²) in [5.74, 6) is -0.0946. The van der Waals surface area contributed by atoms with Crippen LogP contribution in [0.25, 0.3) is 0 Å². The first-order chi connectivity index (χ1) is 7.81. The highest BCUT2D eigenvalue weighted by molar-refractivity contribution is 5.89. The molecule has 90 valence electrons. The number of ether oxygens (including phenoxy) is 1. The molecule has 0 spiro atoms. The Labute approximate surface area is 97.5 Å². The van der Waals surface area contributed by atoms with Crippen molar-refractivity contribution in [3.63, 3.8) is 0 Å². The molecule has 0 bridgehead atoms. The molecule has 2 aliphatic heterocycles. The lowest BCUT2D eigenvalue weighted by molar-refractivity contribution is -0.139. The summed E-state index contributed by atoms with van der Waals surface area (Å²) in [4.78, 5) is 14.2. The summed E-state index contributed by atoms with van der Waals surface area (Å²) >= 11 is 0. The highest BCUT2D eigenvalue weighted by atomic mass is 16.5. The lowest BCUT2D eigenvalue weighted by Gasteiger charge is -2.32. The van der Waals surface area contributed by atoms with Crippen molar-refractivity contribution in [2.75, 3.05) is 19.7 Å². The standard InChI is InChI=1S/C13H21NO2/c1-2-3-6-11-9-14-8-5-4-7-12(14)10-16-13(11)15/h6,12H,2-5,7-10H2,1H3/b11-6-. The minimum atomic E-state index is -0.0946. The second-order valence-electron chi connectivity index (χ2n) is 4.74. The van der Waals surface area contributed by atoms with Crippen molar-refractivity contribution in [3.05, 3.63) is 11.6 Å². The highest BCUT2D eigenvalue weighted by Crippen LogP contribution is 2.22. The molecule has 3 nitrogen and oxygen atoms in total. The van der Waals surface area contributed by atoms with Crippen LogP contribution >= 0.6 is 0 Å². The number of carbonyl (C=O) groups excluding carboxylic acids is 1. The number of esters is 1. The van der Waals surface area contributed by atoms with E-state index in [9.17, 15) is 4.79 Å². The van der Waals surface area contributed by atoms with Crippen molar-refractivity contribution >= 4 is 5.97 Å². The van der Waals surface area contributed by atoms with Gasteiger partial charge in [0, 0.05) is 18.2 Å². The van der Waals surface area contributed by atoms with E-state index in [1.807, 2.05) is 0 Å². The van der Waals surface area contributed by atoms with E-state index in [0.717, 1.165) is 31.5 Å². The quantitative estimate of drug-likeness (QED) is 0.530. The lowest BCUT2D eigenvalue weighted by Crippen LogP contribution is -2.41. The van der Waals surface area contributed by atoms with E-state index in [-0.39, 0.29) is 5.97 Å². The molecule has 0 amide bonds. The molecule has 2 rings (SSSR count). The van der Waals surface area contributed by atoms with Crippen molar-refractivity contribution in [2.45, 2.75) is 45.1 Å². The first kappa shape index (κ1) is 11.6. The van der Waals surface area contributed by atoms with E-state index in [0.29, 0.717) is 12.6 Å². The topological polar surface area (TPSA) is 29.5 Å². The molecule has 0 aromatic carbocycles. The van der Waals surface area contributed by atoms with Gasteiger partial charge in [-0.2, -0.15) is 0 Å². The van der Waals surface area contributed by atoms with Crippen LogP contribution in [-0.4, -0.2) is 36.6 Å². The Morgan fingerprint density at radius 3 is 3.19 bits per heavy atom. The minimum Gasteiger partial charge on any atom is -0.461 e. The van der Waals surface area contributed by atoms with Gasteiger partial charge >= 0.3 is 5.97 Å². The van der Waals surface area contributed by atoms with Crippen molar-refractivity contribution in [3.8, 4) is 0 Å². The Morgan fingerprint density at radius 2 is 2.38 bits per heavy atom. The normalized spacial score (nSPS) is 29.7. The van der Waals surface area contributed by atoms with E-state index in [2.05, 4.69) is 17.9 Å². The van der Waals surface area contributed by atoms with E-state index in [1.54, 1.807) is 0 Å². The van der Waals surface area contributed by atoms with Crippen molar-refractivity contribution in [2.24, 2.45) is 0 Å². The zero-order chi connectivity index (χ0) is 11.4. The van der Waals surface area contributed by atoms with Crippen molar-refractivity contribution in [1.29, 1.82) is 0 Å². The highest BCUT2D eigenvalue weighted by Gasteiger charge is 2.29. The van der Waals surface area contributed by atoms with Gasteiger partial charge in [-0.15, -0.1) is 0 Å². The van der Waals surface area contributed by atoms with Crippen LogP contribution in [-0.2, 0) is 9.53 Å². The predicted octanol–water partition coefficient (Wildman–Crippen LogP) is 2.12. The molecule has 1 atom stereocenters. The summed E-state index contributed by atoms with van der Waals surface area (Å²) < 4.78 is 5.33. The lowest BCUT2D eigenvalue weighted by atomic mass is 10.0. The first-order valence-electron chi connectivity index (χ1n) is 6.41. The van der Waals surface area contributed by atoms with Crippen LogP contribution in [0.1, 0.15) is 39.0 Å². The summed E-state index contributed by atoms with van der Waals surface area (Å²) in [6.07, 6.45) is 7.81. The molecule has 2 heterocycles. The zero-order valence-electron chi connectivity index (χ0n) is 10.1. The first-order valence-corrected chi connectivity index (χ1v) is 6.41. The third-order valence-corrected chi connectivity index (χ3v) is 3.47. The maximum absolute atomic E-state index is 11.7. The number of cyclic esters (lactones) is 1. The Bertz CT molecular complexity index is 286. The summed E-state index contributed by atoms with van der Waals surface area (Å²) in [6.45, 7) is 4.62. The van der Waals surface area contributed by atoms with E-state index >= 15 is 0 Å². The molecule has 0 saturated carbocycles. The van der Waals surface area contributed by atoms with Gasteiger partial charge in [-0.25, -0.2) is 4.79 Å². The smallest absolute Gasteiger partial charge is 0.335 e. The van der Waals surface area contributed by atoms with Gasteiger partial charge in [-0.1, -0.05) is 25.8 Å². The molecule has 1 unspecified atom stereocenters. The molecular formula is C13H21NO2. The molecule has 0 aromatic heterocycles. The summed E-state index contributed by atoms with van der Waals surface area (Å²) in [6, 6.07) is 0.463. The number of hydrogen-bond acceptors (Lipinski definition) is 3. The number of rotatable bonds is 2. The van der Waals surface area contributed by atoms with Gasteiger partial charge in [0.05, 0.1) is 0 Å². The van der Waals surface area contributed by atoms with Crippen LogP contribution in [0.2, 0.25) is 0 Å². The fraction of sp³-hybridized carbons (Fsp3) is 0.769. The fourth-order valence-electron chi connectivity index (χ4n) is 2.47. The Morgan fingerprint density at radius 1 is 1.50 bits per heavy atom. The number of hydrogen-bond donors (Lipinski definition) is 0. The monoisotopic (exact) mass is 223 g/mol. The number of unbranched alkanes of at least 4 members (excludes halogenated alkanes) is 1. The third-order valence-electron chi connectivity index (χ3n) is 3.47. The molecule has 2 aliphatic rings. The maximum atomic E-state index is 11.7. The predicted molar refractivity (Wildman–Crippen MR) is 63.2 cm³/mol. The molecule has 0 N–H and O–H groups in total. The number of carbonyl (C=O) groups is 1. The third kappa shape index (κ3) is 2.64. The summed E-state index contributed by atoms with van der Waals surface area (Å²) in [7, 11) is 0. The van der Waals surface area contributed by atoms with Gasteiger partial charge in [0.15, 0.2) is 0 Å². The Balaban J connectivity index is 2.06. The molecule has 3 heteroatoms. The number of nitrogens with zero attached hydrogens (tertiary/aromatic N) is 1. The van der Waals surface area contributed by atoms with Gasteiger partial charge < -0.3 is 4.74 Å². The van der Waals surface area contributed by atoms with Crippen LogP contribution in [0.3, 0.4) is 0 Å². The van der Waals surface area contributed by atoms with Crippen LogP contribution in [0.4, 0.5) is 0 Å². The van der Waals surface area contributed by atoms with E-state index in [1.165, 1.54) is 19.3 Å². The molecule has 16 heavy (non-hydrogen) atoms. The number of fused-ring (bicyclic) bond motifs is 1. The van der Waals surface area contributed by atoms with Gasteiger partial charge in [-0.3, -0.25) is 4.90 Å². The average Bonchev–Trinajstić information content (AvgIpc) is 2.47. The second-order valence-corrected chi connectivity index (χ2v) is 4.74. The number of piperidine rings is 1. The Kier molecular flexibility index (Phi) is 3.99. The molecule has 2 fully saturated rings. The average molecular weight is 223 g/mol. The van der Waals surface area contributed by atoms with Gasteiger partial charge in [-0.05, 0) is 25.8 Å². The van der Waals surface area contributed by atoms with Gasteiger partial charge in [0.2, 0.25) is 0 Å². The van der Waals surface area contributed by atoms with Crippen LogP contribution < -0.4 is 0 Å². The summed E-state index contributed by atoms with van der Waals surface area (Å²) in [5, 5.41) is 0. The zero-order valence-corrected chi connectivity index (χ0v) is 10.1. The van der Waals surface area contributed by atoms with Gasteiger partial charge in [0.1, 0.15) is 6.61 Å². The SMILES string of the molecule is CCC/C=C1/CN2CCCCC2COC1=O. The minimum absolute atomic E-state index is 0.0946. The fourth-order valence-corrected chi connectivity index (χ4v) is 2.47. The molecule has 2 saturated heterocycles. The summed E-state index contributed by atoms with van der Waals surface area (Å²) in [5.41, 5.74) is 0.867. The van der Waals surface area contributed by atoms with E-state index < -0.39 is 0 Å². The van der Waals surface area contributed by atoms with Crippen molar-refractivity contribution < 1.29 is 9.53 Å². The van der Waals surface area contributed by atoms with Crippen LogP contribution in [0.15, 0.2) is 11.6 Å². The van der Waals surface area contributed by atoms with E-state index in [4.69, 9.17) is 4.74 Å². The molecule has 0 aliphatic carbocycles. The number of allylic oxidation sites excluding steroid dienone is 1. The van der Waals surface area contributed by atoms with Crippen molar-refractivity contribution in [1.82, 2.24) is 4.90 Å². The maximum Gasteiger partial charge on any atom is 0.335 e. The largest absolute Gasteiger partial charge is 0.461 e. The van der Waals surface area contributed by atoms with Gasteiger partial charge in [0.25, 0.3) is 0 Å².